The van der Waals surface area contributed by atoms with Crippen molar-refractivity contribution in [3.63, 3.8) is 0 Å². The fraction of sp³-hybridized carbons (Fsp3) is 0.292. The van der Waals surface area contributed by atoms with Gasteiger partial charge in [0.1, 0.15) is 24.7 Å². The zero-order valence-corrected chi connectivity index (χ0v) is 18.3. The number of hydrogen-bond donors (Lipinski definition) is 1. The molecule has 0 spiro atoms. The molecule has 3 aromatic rings. The number of benzene rings is 2. The summed E-state index contributed by atoms with van der Waals surface area (Å²) >= 11 is 0. The molecule has 2 aromatic carbocycles. The molecule has 0 aliphatic heterocycles. The molecular formula is C24H27FN4O3. The molecule has 1 aromatic heterocycles. The smallest absolute Gasteiger partial charge is 0.244 e. The van der Waals surface area contributed by atoms with E-state index in [1.165, 1.54) is 23.0 Å². The molecule has 1 heterocycles. The number of aryl methyl sites for hydroxylation is 2. The van der Waals surface area contributed by atoms with Crippen molar-refractivity contribution in [2.45, 2.75) is 26.3 Å². The summed E-state index contributed by atoms with van der Waals surface area (Å²) in [6.45, 7) is 2.91. The predicted molar refractivity (Wildman–Crippen MR) is 120 cm³/mol. The fourth-order valence-corrected chi connectivity index (χ4v) is 2.97. The van der Waals surface area contributed by atoms with Crippen LogP contribution in [-0.2, 0) is 22.6 Å². The molecule has 8 heteroatoms. The molecule has 32 heavy (non-hydrogen) atoms. The highest BCUT2D eigenvalue weighted by Gasteiger charge is 2.12. The van der Waals surface area contributed by atoms with Gasteiger partial charge in [-0.3, -0.25) is 14.3 Å². The molecule has 0 aliphatic carbocycles. The maximum absolute atomic E-state index is 12.9. The highest BCUT2D eigenvalue weighted by Crippen LogP contribution is 2.12. The molecule has 0 fully saturated rings. The van der Waals surface area contributed by atoms with E-state index in [0.717, 1.165) is 16.9 Å². The van der Waals surface area contributed by atoms with Crippen LogP contribution in [0, 0.1) is 12.7 Å². The summed E-state index contributed by atoms with van der Waals surface area (Å²) in [6.07, 6.45) is 3.89. The van der Waals surface area contributed by atoms with Crippen LogP contribution in [0.3, 0.4) is 0 Å². The second-order valence-electron chi connectivity index (χ2n) is 7.58. The number of halogens is 1. The van der Waals surface area contributed by atoms with E-state index in [1.807, 2.05) is 31.2 Å². The van der Waals surface area contributed by atoms with Crippen molar-refractivity contribution in [3.8, 4) is 5.75 Å². The third-order valence-corrected chi connectivity index (χ3v) is 4.91. The molecule has 0 saturated heterocycles. The molecular weight excluding hydrogens is 411 g/mol. The van der Waals surface area contributed by atoms with Crippen molar-refractivity contribution in [2.24, 2.45) is 0 Å². The average molecular weight is 439 g/mol. The molecule has 0 unspecified atom stereocenters. The Bertz CT molecular complexity index is 1030. The number of aromatic nitrogens is 2. The minimum Gasteiger partial charge on any atom is -0.492 e. The molecule has 3 rings (SSSR count). The third-order valence-electron chi connectivity index (χ3n) is 4.91. The second kappa shape index (κ2) is 11.1. The number of ether oxygens (including phenoxy) is 1. The van der Waals surface area contributed by atoms with Crippen molar-refractivity contribution in [2.75, 3.05) is 25.5 Å². The van der Waals surface area contributed by atoms with Crippen LogP contribution in [0.25, 0.3) is 0 Å². The number of amides is 2. The number of carbonyl (C=O) groups excluding carboxylic acids is 2. The molecule has 0 aliphatic rings. The Morgan fingerprint density at radius 2 is 1.84 bits per heavy atom. The Kier molecular flexibility index (Phi) is 7.96. The Morgan fingerprint density at radius 3 is 2.56 bits per heavy atom. The Labute approximate surface area is 186 Å². The number of nitrogens with one attached hydrogen (secondary N) is 1. The van der Waals surface area contributed by atoms with Gasteiger partial charge in [-0.05, 0) is 43.2 Å². The lowest BCUT2D eigenvalue weighted by molar-refractivity contribution is -0.131. The average Bonchev–Trinajstić information content (AvgIpc) is 3.21. The number of nitrogens with zero attached hydrogens (tertiary/aromatic N) is 3. The first-order valence-electron chi connectivity index (χ1n) is 10.4. The molecule has 0 atom stereocenters. The lowest BCUT2D eigenvalue weighted by Gasteiger charge is -2.17. The fourth-order valence-electron chi connectivity index (χ4n) is 2.97. The highest BCUT2D eigenvalue weighted by molar-refractivity contribution is 5.90. The van der Waals surface area contributed by atoms with Crippen LogP contribution in [0.5, 0.6) is 5.75 Å². The van der Waals surface area contributed by atoms with Crippen molar-refractivity contribution >= 4 is 17.5 Å². The van der Waals surface area contributed by atoms with E-state index in [4.69, 9.17) is 4.74 Å². The van der Waals surface area contributed by atoms with Crippen LogP contribution >= 0.6 is 0 Å². The van der Waals surface area contributed by atoms with E-state index in [-0.39, 0.29) is 30.6 Å². The SMILES string of the molecule is Cc1ccc(OCCN(C)C(=O)Cn2cc(NC(=O)CCc3ccc(F)cc3)cn2)cc1. The first-order chi connectivity index (χ1) is 15.4. The monoisotopic (exact) mass is 438 g/mol. The van der Waals surface area contributed by atoms with Crippen molar-refractivity contribution in [1.29, 1.82) is 0 Å². The van der Waals surface area contributed by atoms with Gasteiger partial charge in [-0.25, -0.2) is 4.39 Å². The summed E-state index contributed by atoms with van der Waals surface area (Å²) in [5.74, 6) is 0.174. The molecule has 0 radical (unpaired) electrons. The van der Waals surface area contributed by atoms with Crippen LogP contribution in [0.4, 0.5) is 10.1 Å². The zero-order valence-electron chi connectivity index (χ0n) is 18.3. The maximum Gasteiger partial charge on any atom is 0.244 e. The zero-order chi connectivity index (χ0) is 22.9. The number of rotatable bonds is 10. The number of carbonyl (C=O) groups is 2. The number of hydrogen-bond acceptors (Lipinski definition) is 4. The molecule has 7 nitrogen and oxygen atoms in total. The molecule has 1 N–H and O–H groups in total. The van der Waals surface area contributed by atoms with Crippen LogP contribution in [0.15, 0.2) is 60.9 Å². The van der Waals surface area contributed by atoms with Crippen LogP contribution in [0.1, 0.15) is 17.5 Å². The van der Waals surface area contributed by atoms with Gasteiger partial charge in [0.25, 0.3) is 0 Å². The third kappa shape index (κ3) is 7.23. The van der Waals surface area contributed by atoms with Crippen molar-refractivity contribution < 1.29 is 18.7 Å². The lowest BCUT2D eigenvalue weighted by atomic mass is 10.1. The maximum atomic E-state index is 12.9. The molecule has 168 valence electrons. The van der Waals surface area contributed by atoms with Gasteiger partial charge in [0.15, 0.2) is 0 Å². The first kappa shape index (κ1) is 23.0. The summed E-state index contributed by atoms with van der Waals surface area (Å²) in [5.41, 5.74) is 2.57. The number of anilines is 1. The normalized spacial score (nSPS) is 10.6. The summed E-state index contributed by atoms with van der Waals surface area (Å²) in [7, 11) is 1.71. The van der Waals surface area contributed by atoms with E-state index in [9.17, 15) is 14.0 Å². The number of likely N-dealkylation sites (N-methyl/N-ethyl adjacent to an activating group) is 1. The quantitative estimate of drug-likeness (QED) is 0.526. The van der Waals surface area contributed by atoms with E-state index in [1.54, 1.807) is 30.3 Å². The van der Waals surface area contributed by atoms with E-state index in [0.29, 0.717) is 25.3 Å². The Hall–Kier alpha value is -3.68. The summed E-state index contributed by atoms with van der Waals surface area (Å²) < 4.78 is 20.1. The topological polar surface area (TPSA) is 76.5 Å². The van der Waals surface area contributed by atoms with E-state index < -0.39 is 0 Å². The van der Waals surface area contributed by atoms with Crippen molar-refractivity contribution in [1.82, 2.24) is 14.7 Å². The van der Waals surface area contributed by atoms with E-state index >= 15 is 0 Å². The van der Waals surface area contributed by atoms with Crippen LogP contribution < -0.4 is 10.1 Å². The minimum absolute atomic E-state index is 0.0620. The Balaban J connectivity index is 1.39. The second-order valence-corrected chi connectivity index (χ2v) is 7.58. The van der Waals surface area contributed by atoms with Gasteiger partial charge in [0.05, 0.1) is 18.4 Å². The van der Waals surface area contributed by atoms with Crippen LogP contribution in [-0.4, -0.2) is 46.7 Å². The molecule has 2 amide bonds. The Morgan fingerprint density at radius 1 is 1.12 bits per heavy atom. The lowest BCUT2D eigenvalue weighted by Crippen LogP contribution is -2.33. The predicted octanol–water partition coefficient (Wildman–Crippen LogP) is 3.44. The van der Waals surface area contributed by atoms with Crippen molar-refractivity contribution in [3.05, 3.63) is 77.9 Å². The van der Waals surface area contributed by atoms with E-state index in [2.05, 4.69) is 10.4 Å². The largest absolute Gasteiger partial charge is 0.492 e. The van der Waals surface area contributed by atoms with Crippen LogP contribution in [0.2, 0.25) is 0 Å². The summed E-state index contributed by atoms with van der Waals surface area (Å²) in [5, 5.41) is 6.90. The van der Waals surface area contributed by atoms with Gasteiger partial charge >= 0.3 is 0 Å². The van der Waals surface area contributed by atoms with Gasteiger partial charge in [0, 0.05) is 19.7 Å². The minimum atomic E-state index is -0.301. The summed E-state index contributed by atoms with van der Waals surface area (Å²) in [4.78, 5) is 26.1. The highest BCUT2D eigenvalue weighted by atomic mass is 19.1. The van der Waals surface area contributed by atoms with Gasteiger partial charge in [-0.2, -0.15) is 5.10 Å². The van der Waals surface area contributed by atoms with Gasteiger partial charge < -0.3 is 15.0 Å². The van der Waals surface area contributed by atoms with Gasteiger partial charge in [-0.1, -0.05) is 29.8 Å². The first-order valence-corrected chi connectivity index (χ1v) is 10.4. The standard InChI is InChI=1S/C24H27FN4O3/c1-18-3-10-22(11-4-18)32-14-13-28(2)24(31)17-29-16-21(15-26-29)27-23(30)12-7-19-5-8-20(25)9-6-19/h3-6,8-11,15-16H,7,12-14,17H2,1-2H3,(H,27,30). The molecule has 0 saturated carbocycles. The van der Waals surface area contributed by atoms with Gasteiger partial charge in [-0.15, -0.1) is 0 Å². The molecule has 0 bridgehead atoms. The van der Waals surface area contributed by atoms with Gasteiger partial charge in [0.2, 0.25) is 11.8 Å². The summed E-state index contributed by atoms with van der Waals surface area (Å²) in [6, 6.07) is 13.8.